The minimum atomic E-state index is -2.93. The number of halogens is 2. The zero-order valence-corrected chi connectivity index (χ0v) is 13.9. The van der Waals surface area contributed by atoms with Gasteiger partial charge in [-0.05, 0) is 35.2 Å². The van der Waals surface area contributed by atoms with Crippen LogP contribution in [0.5, 0.6) is 5.75 Å². The van der Waals surface area contributed by atoms with Gasteiger partial charge in [0.2, 0.25) is 0 Å². The SMILES string of the molecule is O=C(N[C@H](c1ccccc1)c1cccs1)c1cccc(OC(F)F)c1. The smallest absolute Gasteiger partial charge is 0.387 e. The van der Waals surface area contributed by atoms with Crippen molar-refractivity contribution in [2.24, 2.45) is 0 Å². The van der Waals surface area contributed by atoms with Gasteiger partial charge in [0.05, 0.1) is 6.04 Å². The number of rotatable bonds is 6. The Balaban J connectivity index is 1.84. The molecule has 0 bridgehead atoms. The minimum absolute atomic E-state index is 0.0463. The van der Waals surface area contributed by atoms with Gasteiger partial charge in [-0.15, -0.1) is 11.3 Å². The van der Waals surface area contributed by atoms with E-state index < -0.39 is 6.61 Å². The Hall–Kier alpha value is -2.73. The van der Waals surface area contributed by atoms with E-state index >= 15 is 0 Å². The maximum Gasteiger partial charge on any atom is 0.387 e. The van der Waals surface area contributed by atoms with Gasteiger partial charge in [-0.25, -0.2) is 0 Å². The monoisotopic (exact) mass is 359 g/mol. The van der Waals surface area contributed by atoms with Crippen molar-refractivity contribution in [2.75, 3.05) is 0 Å². The molecule has 0 radical (unpaired) electrons. The molecule has 25 heavy (non-hydrogen) atoms. The number of amides is 1. The van der Waals surface area contributed by atoms with E-state index in [9.17, 15) is 13.6 Å². The van der Waals surface area contributed by atoms with E-state index in [2.05, 4.69) is 10.1 Å². The fourth-order valence-corrected chi connectivity index (χ4v) is 3.25. The zero-order chi connectivity index (χ0) is 17.6. The van der Waals surface area contributed by atoms with Crippen LogP contribution in [-0.4, -0.2) is 12.5 Å². The second kappa shape index (κ2) is 7.90. The summed E-state index contributed by atoms with van der Waals surface area (Å²) in [6, 6.07) is 18.9. The highest BCUT2D eigenvalue weighted by atomic mass is 32.1. The molecule has 3 rings (SSSR count). The summed E-state index contributed by atoms with van der Waals surface area (Å²) in [5.41, 5.74) is 1.20. The number of hydrogen-bond donors (Lipinski definition) is 1. The largest absolute Gasteiger partial charge is 0.435 e. The lowest BCUT2D eigenvalue weighted by atomic mass is 10.0. The molecule has 6 heteroatoms. The molecule has 0 saturated carbocycles. The summed E-state index contributed by atoms with van der Waals surface area (Å²) in [4.78, 5) is 13.6. The van der Waals surface area contributed by atoms with Crippen molar-refractivity contribution in [1.29, 1.82) is 0 Å². The van der Waals surface area contributed by atoms with Gasteiger partial charge in [0.15, 0.2) is 0 Å². The van der Waals surface area contributed by atoms with Crippen LogP contribution in [0.4, 0.5) is 8.78 Å². The van der Waals surface area contributed by atoms with E-state index in [-0.39, 0.29) is 23.3 Å². The van der Waals surface area contributed by atoms with Gasteiger partial charge < -0.3 is 10.1 Å². The predicted molar refractivity (Wildman–Crippen MR) is 93.1 cm³/mol. The number of carbonyl (C=O) groups is 1. The van der Waals surface area contributed by atoms with E-state index in [0.717, 1.165) is 10.4 Å². The lowest BCUT2D eigenvalue weighted by Gasteiger charge is -2.18. The molecule has 2 aromatic carbocycles. The van der Waals surface area contributed by atoms with E-state index in [1.165, 1.54) is 29.5 Å². The number of alkyl halides is 2. The molecule has 0 fully saturated rings. The van der Waals surface area contributed by atoms with Crippen LogP contribution in [0.1, 0.15) is 26.8 Å². The molecule has 0 aliphatic rings. The van der Waals surface area contributed by atoms with Gasteiger partial charge in [-0.3, -0.25) is 4.79 Å². The Kier molecular flexibility index (Phi) is 5.40. The van der Waals surface area contributed by atoms with Gasteiger partial charge in [-0.2, -0.15) is 8.78 Å². The van der Waals surface area contributed by atoms with Crippen LogP contribution in [0.2, 0.25) is 0 Å². The normalized spacial score (nSPS) is 12.0. The summed E-state index contributed by atoms with van der Waals surface area (Å²) in [6.07, 6.45) is 0. The van der Waals surface area contributed by atoms with Crippen molar-refractivity contribution in [1.82, 2.24) is 5.32 Å². The molecule has 1 aromatic heterocycles. The standard InChI is InChI=1S/C19H15F2NO2S/c20-19(21)24-15-9-4-8-14(12-15)18(23)22-17(16-10-5-11-25-16)13-6-2-1-3-7-13/h1-12,17,19H,(H,22,23)/t17-/m1/s1. The Morgan fingerprint density at radius 2 is 1.80 bits per heavy atom. The number of hydrogen-bond acceptors (Lipinski definition) is 3. The first kappa shape index (κ1) is 17.1. The number of carbonyl (C=O) groups excluding carboxylic acids is 1. The molecule has 1 heterocycles. The topological polar surface area (TPSA) is 38.3 Å². The average Bonchev–Trinajstić information content (AvgIpc) is 3.14. The fraction of sp³-hybridized carbons (Fsp3) is 0.105. The van der Waals surface area contributed by atoms with Gasteiger partial charge in [0.1, 0.15) is 5.75 Å². The first-order chi connectivity index (χ1) is 12.1. The molecular formula is C19H15F2NO2S. The van der Waals surface area contributed by atoms with E-state index in [1.807, 2.05) is 47.8 Å². The van der Waals surface area contributed by atoms with Crippen LogP contribution in [-0.2, 0) is 0 Å². The van der Waals surface area contributed by atoms with Crippen molar-refractivity contribution < 1.29 is 18.3 Å². The summed E-state index contributed by atoms with van der Waals surface area (Å²) in [7, 11) is 0. The number of nitrogens with one attached hydrogen (secondary N) is 1. The second-order valence-corrected chi connectivity index (χ2v) is 6.22. The zero-order valence-electron chi connectivity index (χ0n) is 13.1. The lowest BCUT2D eigenvalue weighted by molar-refractivity contribution is -0.0498. The van der Waals surface area contributed by atoms with Crippen molar-refractivity contribution in [3.63, 3.8) is 0 Å². The first-order valence-electron chi connectivity index (χ1n) is 7.57. The molecule has 1 amide bonds. The molecule has 1 N–H and O–H groups in total. The molecule has 1 atom stereocenters. The lowest BCUT2D eigenvalue weighted by Crippen LogP contribution is -2.28. The molecule has 128 valence electrons. The predicted octanol–water partition coefficient (Wildman–Crippen LogP) is 4.87. The highest BCUT2D eigenvalue weighted by Gasteiger charge is 2.19. The molecule has 3 nitrogen and oxygen atoms in total. The van der Waals surface area contributed by atoms with E-state index in [1.54, 1.807) is 6.07 Å². The van der Waals surface area contributed by atoms with Crippen LogP contribution in [0.15, 0.2) is 72.1 Å². The highest BCUT2D eigenvalue weighted by molar-refractivity contribution is 7.10. The summed E-state index contributed by atoms with van der Waals surface area (Å²) in [6.45, 7) is -2.93. The third-order valence-electron chi connectivity index (χ3n) is 3.56. The van der Waals surface area contributed by atoms with Crippen molar-refractivity contribution >= 4 is 17.2 Å². The van der Waals surface area contributed by atoms with Crippen LogP contribution in [0, 0.1) is 0 Å². The molecule has 0 saturated heterocycles. The van der Waals surface area contributed by atoms with E-state index in [4.69, 9.17) is 0 Å². The van der Waals surface area contributed by atoms with E-state index in [0.29, 0.717) is 0 Å². The summed E-state index contributed by atoms with van der Waals surface area (Å²) in [5, 5.41) is 4.90. The first-order valence-corrected chi connectivity index (χ1v) is 8.45. The van der Waals surface area contributed by atoms with Gasteiger partial charge in [-0.1, -0.05) is 42.5 Å². The average molecular weight is 359 g/mol. The van der Waals surface area contributed by atoms with Crippen molar-refractivity contribution in [3.8, 4) is 5.75 Å². The number of ether oxygens (including phenoxy) is 1. The maximum absolute atomic E-state index is 12.6. The van der Waals surface area contributed by atoms with Gasteiger partial charge in [0, 0.05) is 10.4 Å². The van der Waals surface area contributed by atoms with Gasteiger partial charge in [0.25, 0.3) is 5.91 Å². The summed E-state index contributed by atoms with van der Waals surface area (Å²) in [5.74, 6) is -0.406. The molecule has 0 spiro atoms. The van der Waals surface area contributed by atoms with Crippen molar-refractivity contribution in [3.05, 3.63) is 88.1 Å². The van der Waals surface area contributed by atoms with Crippen LogP contribution >= 0.6 is 11.3 Å². The quantitative estimate of drug-likeness (QED) is 0.682. The maximum atomic E-state index is 12.6. The van der Waals surface area contributed by atoms with Crippen LogP contribution in [0.25, 0.3) is 0 Å². The summed E-state index contributed by atoms with van der Waals surface area (Å²) >= 11 is 1.54. The Labute approximate surface area is 147 Å². The molecule has 0 aliphatic heterocycles. The molecule has 0 aliphatic carbocycles. The Morgan fingerprint density at radius 1 is 1.00 bits per heavy atom. The van der Waals surface area contributed by atoms with Crippen LogP contribution < -0.4 is 10.1 Å². The molecule has 3 aromatic rings. The number of thiophene rings is 1. The highest BCUT2D eigenvalue weighted by Crippen LogP contribution is 2.26. The van der Waals surface area contributed by atoms with Crippen LogP contribution in [0.3, 0.4) is 0 Å². The third-order valence-corrected chi connectivity index (χ3v) is 4.49. The second-order valence-electron chi connectivity index (χ2n) is 5.24. The summed E-state index contributed by atoms with van der Waals surface area (Å²) < 4.78 is 29.1. The fourth-order valence-electron chi connectivity index (χ4n) is 2.45. The minimum Gasteiger partial charge on any atom is -0.435 e. The molecular weight excluding hydrogens is 344 g/mol. The van der Waals surface area contributed by atoms with Gasteiger partial charge >= 0.3 is 6.61 Å². The molecule has 0 unspecified atom stereocenters. The third kappa shape index (κ3) is 4.42. The Bertz CT molecular complexity index is 822. The van der Waals surface area contributed by atoms with Crippen molar-refractivity contribution in [2.45, 2.75) is 12.7 Å². The number of benzene rings is 2. The Morgan fingerprint density at radius 3 is 2.48 bits per heavy atom.